The molecule has 3 heterocycles. The molecule has 0 spiro atoms. The number of allylic oxidation sites excluding steroid dienone is 6. The average molecular weight is 456 g/mol. The third kappa shape index (κ3) is 4.04. The number of aromatic nitrogens is 4. The van der Waals surface area contributed by atoms with Crippen LogP contribution < -0.4 is 4.90 Å². The lowest BCUT2D eigenvalue weighted by Crippen LogP contribution is -2.38. The van der Waals surface area contributed by atoms with E-state index in [1.807, 2.05) is 0 Å². The van der Waals surface area contributed by atoms with Gasteiger partial charge in [-0.15, -0.1) is 0 Å². The molecule has 0 bridgehead atoms. The predicted octanol–water partition coefficient (Wildman–Crippen LogP) is 4.69. The second kappa shape index (κ2) is 7.99. The summed E-state index contributed by atoms with van der Waals surface area (Å²) in [5.74, 6) is -0.691. The molecule has 6 nitrogen and oxygen atoms in total. The van der Waals surface area contributed by atoms with Crippen molar-refractivity contribution in [2.24, 2.45) is 0 Å². The van der Waals surface area contributed by atoms with Gasteiger partial charge in [0, 0.05) is 13.0 Å². The van der Waals surface area contributed by atoms with Crippen LogP contribution in [0, 0.1) is 6.92 Å². The van der Waals surface area contributed by atoms with Crippen molar-refractivity contribution in [2.75, 3.05) is 11.4 Å². The van der Waals surface area contributed by atoms with Crippen LogP contribution >= 0.6 is 11.6 Å². The highest BCUT2D eigenvalue weighted by Gasteiger charge is 2.38. The summed E-state index contributed by atoms with van der Waals surface area (Å²) < 4.78 is 55.3. The van der Waals surface area contributed by atoms with Crippen LogP contribution in [0.15, 0.2) is 36.3 Å². The van der Waals surface area contributed by atoms with Gasteiger partial charge in [0.15, 0.2) is 5.69 Å². The van der Waals surface area contributed by atoms with Crippen LogP contribution in [0.2, 0.25) is 5.02 Å². The van der Waals surface area contributed by atoms with E-state index in [4.69, 9.17) is 11.6 Å². The molecule has 0 saturated heterocycles. The minimum absolute atomic E-state index is 0.0674. The Morgan fingerprint density at radius 2 is 2.06 bits per heavy atom. The number of carbonyl (C=O) groups excluding carboxylic acids is 1. The third-order valence-electron chi connectivity index (χ3n) is 5.20. The zero-order valence-corrected chi connectivity index (χ0v) is 17.2. The van der Waals surface area contributed by atoms with Crippen molar-refractivity contribution in [3.8, 4) is 0 Å². The molecule has 0 atom stereocenters. The first-order chi connectivity index (χ1) is 14.7. The molecule has 164 valence electrons. The normalized spacial score (nSPS) is 16.6. The summed E-state index contributed by atoms with van der Waals surface area (Å²) in [5.41, 5.74) is 0.869. The Labute approximate surface area is 180 Å². The van der Waals surface area contributed by atoms with Gasteiger partial charge in [-0.05, 0) is 38.0 Å². The van der Waals surface area contributed by atoms with Gasteiger partial charge >= 0.3 is 6.18 Å². The van der Waals surface area contributed by atoms with E-state index in [-0.39, 0.29) is 24.5 Å². The molecule has 0 fully saturated rings. The zero-order chi connectivity index (χ0) is 22.3. The van der Waals surface area contributed by atoms with Crippen LogP contribution in [0.1, 0.15) is 29.9 Å². The minimum atomic E-state index is -4.70. The van der Waals surface area contributed by atoms with Crippen LogP contribution in [0.5, 0.6) is 0 Å². The molecule has 1 aliphatic carbocycles. The van der Waals surface area contributed by atoms with E-state index in [0.29, 0.717) is 30.8 Å². The number of fused-ring (bicyclic) bond motifs is 1. The van der Waals surface area contributed by atoms with E-state index in [1.54, 1.807) is 22.9 Å². The molecule has 0 N–H and O–H groups in total. The van der Waals surface area contributed by atoms with Crippen molar-refractivity contribution in [1.82, 2.24) is 19.6 Å². The number of halogens is 5. The number of rotatable bonds is 3. The minimum Gasteiger partial charge on any atom is -0.308 e. The van der Waals surface area contributed by atoms with Crippen molar-refractivity contribution < 1.29 is 22.4 Å². The topological polar surface area (TPSA) is 56.0 Å². The summed E-state index contributed by atoms with van der Waals surface area (Å²) in [5, 5.41) is 7.34. The Bertz CT molecular complexity index is 1130. The molecule has 1 aliphatic heterocycles. The second-order valence-electron chi connectivity index (χ2n) is 7.25. The number of alkyl halides is 3. The lowest BCUT2D eigenvalue weighted by atomic mass is 10.1. The summed E-state index contributed by atoms with van der Waals surface area (Å²) in [6.07, 6.45) is 4.76. The van der Waals surface area contributed by atoms with Crippen LogP contribution in [-0.2, 0) is 23.9 Å². The smallest absolute Gasteiger partial charge is 0.308 e. The highest BCUT2D eigenvalue weighted by atomic mass is 35.5. The van der Waals surface area contributed by atoms with Gasteiger partial charge in [-0.1, -0.05) is 17.7 Å². The molecule has 11 heteroatoms. The monoisotopic (exact) mass is 455 g/mol. The fourth-order valence-electron chi connectivity index (χ4n) is 3.64. The van der Waals surface area contributed by atoms with E-state index >= 15 is 0 Å². The molecule has 0 aromatic carbocycles. The first kappa shape index (κ1) is 21.4. The van der Waals surface area contributed by atoms with E-state index in [2.05, 4.69) is 10.2 Å². The van der Waals surface area contributed by atoms with Crippen molar-refractivity contribution in [1.29, 1.82) is 0 Å². The van der Waals surface area contributed by atoms with Gasteiger partial charge in [-0.3, -0.25) is 9.48 Å². The van der Waals surface area contributed by atoms with Crippen molar-refractivity contribution in [3.63, 3.8) is 0 Å². The number of nitrogens with zero attached hydrogens (tertiary/aromatic N) is 5. The zero-order valence-electron chi connectivity index (χ0n) is 16.5. The number of carbonyl (C=O) groups is 1. The van der Waals surface area contributed by atoms with Crippen LogP contribution in [0.3, 0.4) is 0 Å². The molecule has 1 amide bonds. The molecule has 2 aliphatic rings. The van der Waals surface area contributed by atoms with Crippen molar-refractivity contribution in [2.45, 2.75) is 38.9 Å². The number of amides is 1. The number of anilines is 1. The molecule has 0 saturated carbocycles. The van der Waals surface area contributed by atoms with Crippen molar-refractivity contribution in [3.05, 3.63) is 58.4 Å². The van der Waals surface area contributed by atoms with Crippen LogP contribution in [0.4, 0.5) is 23.2 Å². The summed E-state index contributed by atoms with van der Waals surface area (Å²) >= 11 is 5.78. The van der Waals surface area contributed by atoms with E-state index in [9.17, 15) is 22.4 Å². The first-order valence-electron chi connectivity index (χ1n) is 9.57. The summed E-state index contributed by atoms with van der Waals surface area (Å²) in [4.78, 5) is 14.4. The number of hydrogen-bond acceptors (Lipinski definition) is 3. The Morgan fingerprint density at radius 1 is 1.29 bits per heavy atom. The maximum absolute atomic E-state index is 13.5. The second-order valence-corrected chi connectivity index (χ2v) is 7.63. The van der Waals surface area contributed by atoms with E-state index in [0.717, 1.165) is 10.4 Å². The molecule has 2 aromatic rings. The molecule has 31 heavy (non-hydrogen) atoms. The molecule has 0 unspecified atom stereocenters. The van der Waals surface area contributed by atoms with Gasteiger partial charge in [0.2, 0.25) is 5.91 Å². The van der Waals surface area contributed by atoms with Crippen LogP contribution in [0.25, 0.3) is 5.70 Å². The standard InChI is InChI=1S/C20H18ClF4N5O/c1-12-18(21)19(20(23,24)25)27-29(12)11-17(31)28-9-3-6-15-16(28)10-26-30(15)14-5-2-4-13(22)7-8-14/h2,5,7-8,10H,3-4,6,9,11H2,1H3. The first-order valence-corrected chi connectivity index (χ1v) is 9.95. The molecular weight excluding hydrogens is 438 g/mol. The Kier molecular flexibility index (Phi) is 5.50. The van der Waals surface area contributed by atoms with E-state index < -0.39 is 22.8 Å². The summed E-state index contributed by atoms with van der Waals surface area (Å²) in [6, 6.07) is 0. The van der Waals surface area contributed by atoms with Crippen molar-refractivity contribution >= 4 is 28.9 Å². The highest BCUT2D eigenvalue weighted by Crippen LogP contribution is 2.35. The molecule has 4 rings (SSSR count). The molecular formula is C20H18ClF4N5O. The Balaban J connectivity index is 1.61. The van der Waals surface area contributed by atoms with Gasteiger partial charge in [-0.25, -0.2) is 9.07 Å². The maximum Gasteiger partial charge on any atom is 0.436 e. The number of hydrogen-bond donors (Lipinski definition) is 0. The quantitative estimate of drug-likeness (QED) is 0.631. The lowest BCUT2D eigenvalue weighted by molar-refractivity contribution is -0.141. The third-order valence-corrected chi connectivity index (χ3v) is 5.65. The van der Waals surface area contributed by atoms with Gasteiger partial charge < -0.3 is 4.90 Å². The fraction of sp³-hybridized carbons (Fsp3) is 0.350. The van der Waals surface area contributed by atoms with E-state index in [1.165, 1.54) is 24.1 Å². The summed E-state index contributed by atoms with van der Waals surface area (Å²) in [6.45, 7) is 1.40. The Hall–Kier alpha value is -2.88. The summed E-state index contributed by atoms with van der Waals surface area (Å²) in [7, 11) is 0. The van der Waals surface area contributed by atoms with Gasteiger partial charge in [0.1, 0.15) is 12.4 Å². The predicted molar refractivity (Wildman–Crippen MR) is 107 cm³/mol. The van der Waals surface area contributed by atoms with Gasteiger partial charge in [0.05, 0.1) is 34.0 Å². The van der Waals surface area contributed by atoms with Gasteiger partial charge in [0.25, 0.3) is 0 Å². The fourth-order valence-corrected chi connectivity index (χ4v) is 3.88. The SMILES string of the molecule is Cc1c(Cl)c(C(F)(F)F)nn1CC(=O)N1CCCc2c1cnn2C1=CC=C(F)CC=C1. The molecule has 0 radical (unpaired) electrons. The van der Waals surface area contributed by atoms with Gasteiger partial charge in [-0.2, -0.15) is 23.4 Å². The largest absolute Gasteiger partial charge is 0.436 e. The maximum atomic E-state index is 13.5. The highest BCUT2D eigenvalue weighted by molar-refractivity contribution is 6.32. The Morgan fingerprint density at radius 3 is 2.77 bits per heavy atom. The molecule has 2 aromatic heterocycles. The van der Waals surface area contributed by atoms with Crippen LogP contribution in [-0.4, -0.2) is 32.0 Å². The average Bonchev–Trinajstić information content (AvgIpc) is 3.18. The lowest BCUT2D eigenvalue weighted by Gasteiger charge is -2.27.